The molecular formula is C20H33NO4. The Kier molecular flexibility index (Phi) is 7.69. The Hall–Kier alpha value is -1.14. The quantitative estimate of drug-likeness (QED) is 0.741. The van der Waals surface area contributed by atoms with Crippen molar-refractivity contribution in [1.29, 1.82) is 0 Å². The van der Waals surface area contributed by atoms with E-state index in [0.717, 1.165) is 38.3 Å². The molecule has 0 amide bonds. The van der Waals surface area contributed by atoms with Crippen LogP contribution >= 0.6 is 0 Å². The molecule has 142 valence electrons. The van der Waals surface area contributed by atoms with E-state index in [2.05, 4.69) is 11.0 Å². The van der Waals surface area contributed by atoms with Crippen molar-refractivity contribution in [3.8, 4) is 5.75 Å². The molecule has 5 heteroatoms. The summed E-state index contributed by atoms with van der Waals surface area (Å²) < 4.78 is 16.8. The summed E-state index contributed by atoms with van der Waals surface area (Å²) in [6, 6.07) is 8.07. The lowest BCUT2D eigenvalue weighted by Crippen LogP contribution is -2.40. The fourth-order valence-corrected chi connectivity index (χ4v) is 3.01. The number of hydrogen-bond acceptors (Lipinski definition) is 5. The molecule has 1 fully saturated rings. The molecule has 0 radical (unpaired) electrons. The van der Waals surface area contributed by atoms with Crippen molar-refractivity contribution in [2.45, 2.75) is 58.0 Å². The van der Waals surface area contributed by atoms with Gasteiger partial charge in [0.2, 0.25) is 0 Å². The van der Waals surface area contributed by atoms with E-state index in [4.69, 9.17) is 14.2 Å². The Morgan fingerprint density at radius 1 is 1.36 bits per heavy atom. The maximum Gasteiger partial charge on any atom is 0.119 e. The van der Waals surface area contributed by atoms with Crippen LogP contribution in [0.3, 0.4) is 0 Å². The maximum atomic E-state index is 10.4. The van der Waals surface area contributed by atoms with Gasteiger partial charge in [-0.3, -0.25) is 4.90 Å². The normalized spacial score (nSPS) is 19.4. The first-order valence-electron chi connectivity index (χ1n) is 9.14. The Balaban J connectivity index is 1.96. The Morgan fingerprint density at radius 2 is 2.16 bits per heavy atom. The number of benzene rings is 1. The highest BCUT2D eigenvalue weighted by Crippen LogP contribution is 2.18. The van der Waals surface area contributed by atoms with Gasteiger partial charge in [0, 0.05) is 26.2 Å². The third kappa shape index (κ3) is 7.74. The van der Waals surface area contributed by atoms with Crippen LogP contribution in [0.2, 0.25) is 0 Å². The smallest absolute Gasteiger partial charge is 0.119 e. The topological polar surface area (TPSA) is 51.2 Å². The standard InChI is InChI=1S/C20H33NO4/c1-20(2,3)25-15-17(22)13-21(14-19-9-6-10-24-19)12-16-7-5-8-18(11-16)23-4/h5,7-8,11,17,19,22H,6,9-10,12-15H2,1-4H3/t17-,19-/m0/s1. The van der Waals surface area contributed by atoms with Crippen molar-refractivity contribution in [2.24, 2.45) is 0 Å². The number of methoxy groups -OCH3 is 1. The van der Waals surface area contributed by atoms with E-state index in [1.807, 2.05) is 39.0 Å². The lowest BCUT2D eigenvalue weighted by Gasteiger charge is -2.29. The van der Waals surface area contributed by atoms with E-state index < -0.39 is 6.10 Å². The highest BCUT2D eigenvalue weighted by Gasteiger charge is 2.22. The summed E-state index contributed by atoms with van der Waals surface area (Å²) in [7, 11) is 1.68. The second-order valence-electron chi connectivity index (χ2n) is 7.76. The molecule has 2 atom stereocenters. The van der Waals surface area contributed by atoms with Crippen LogP contribution in [-0.4, -0.2) is 61.2 Å². The van der Waals surface area contributed by atoms with Crippen molar-refractivity contribution >= 4 is 0 Å². The molecule has 0 saturated carbocycles. The van der Waals surface area contributed by atoms with Gasteiger partial charge in [-0.15, -0.1) is 0 Å². The minimum absolute atomic E-state index is 0.243. The molecule has 1 aromatic carbocycles. The molecule has 0 aliphatic carbocycles. The minimum Gasteiger partial charge on any atom is -0.497 e. The number of hydrogen-bond donors (Lipinski definition) is 1. The van der Waals surface area contributed by atoms with E-state index >= 15 is 0 Å². The van der Waals surface area contributed by atoms with Crippen LogP contribution in [-0.2, 0) is 16.0 Å². The molecule has 5 nitrogen and oxygen atoms in total. The molecule has 1 aliphatic rings. The Morgan fingerprint density at radius 3 is 2.80 bits per heavy atom. The minimum atomic E-state index is -0.522. The largest absolute Gasteiger partial charge is 0.497 e. The van der Waals surface area contributed by atoms with Gasteiger partial charge in [0.05, 0.1) is 31.5 Å². The van der Waals surface area contributed by atoms with E-state index in [1.54, 1.807) is 7.11 Å². The molecule has 1 N–H and O–H groups in total. The number of nitrogens with zero attached hydrogens (tertiary/aromatic N) is 1. The molecule has 2 rings (SSSR count). The monoisotopic (exact) mass is 351 g/mol. The predicted molar refractivity (Wildman–Crippen MR) is 99.0 cm³/mol. The summed E-state index contributed by atoms with van der Waals surface area (Å²) in [4.78, 5) is 2.25. The molecule has 1 saturated heterocycles. The van der Waals surface area contributed by atoms with Gasteiger partial charge < -0.3 is 19.3 Å². The van der Waals surface area contributed by atoms with Gasteiger partial charge in [-0.1, -0.05) is 12.1 Å². The van der Waals surface area contributed by atoms with E-state index in [0.29, 0.717) is 13.2 Å². The number of aliphatic hydroxyl groups excluding tert-OH is 1. The van der Waals surface area contributed by atoms with E-state index in [-0.39, 0.29) is 11.7 Å². The SMILES string of the molecule is COc1cccc(CN(C[C@H](O)COC(C)(C)C)C[C@@H]2CCCO2)c1. The van der Waals surface area contributed by atoms with Gasteiger partial charge in [-0.2, -0.15) is 0 Å². The zero-order valence-electron chi connectivity index (χ0n) is 16.0. The highest BCUT2D eigenvalue weighted by molar-refractivity contribution is 5.28. The fourth-order valence-electron chi connectivity index (χ4n) is 3.01. The fraction of sp³-hybridized carbons (Fsp3) is 0.700. The van der Waals surface area contributed by atoms with Gasteiger partial charge >= 0.3 is 0 Å². The Labute approximate surface area is 151 Å². The Bertz CT molecular complexity index is 509. The van der Waals surface area contributed by atoms with Crippen molar-refractivity contribution < 1.29 is 19.3 Å². The molecule has 1 aromatic rings. The predicted octanol–water partition coefficient (Wildman–Crippen LogP) is 2.85. The molecule has 0 unspecified atom stereocenters. The summed E-state index contributed by atoms with van der Waals surface area (Å²) >= 11 is 0. The molecule has 1 aliphatic heterocycles. The molecular weight excluding hydrogens is 318 g/mol. The second kappa shape index (κ2) is 9.53. The van der Waals surface area contributed by atoms with Crippen LogP contribution in [0.4, 0.5) is 0 Å². The first-order valence-corrected chi connectivity index (χ1v) is 9.14. The number of aliphatic hydroxyl groups is 1. The highest BCUT2D eigenvalue weighted by atomic mass is 16.5. The van der Waals surface area contributed by atoms with Crippen LogP contribution in [0.15, 0.2) is 24.3 Å². The van der Waals surface area contributed by atoms with Crippen molar-refractivity contribution in [1.82, 2.24) is 4.90 Å². The lowest BCUT2D eigenvalue weighted by molar-refractivity contribution is -0.0594. The first-order chi connectivity index (χ1) is 11.9. The van der Waals surface area contributed by atoms with Crippen molar-refractivity contribution in [2.75, 3.05) is 33.4 Å². The van der Waals surface area contributed by atoms with Crippen molar-refractivity contribution in [3.63, 3.8) is 0 Å². The second-order valence-corrected chi connectivity index (χ2v) is 7.76. The van der Waals surface area contributed by atoms with Gasteiger partial charge in [0.1, 0.15) is 5.75 Å². The van der Waals surface area contributed by atoms with Crippen LogP contribution in [0.25, 0.3) is 0 Å². The summed E-state index contributed by atoms with van der Waals surface area (Å²) in [5, 5.41) is 10.4. The van der Waals surface area contributed by atoms with Crippen LogP contribution < -0.4 is 4.74 Å². The zero-order valence-corrected chi connectivity index (χ0v) is 16.0. The average molecular weight is 351 g/mol. The van der Waals surface area contributed by atoms with Crippen LogP contribution in [0.5, 0.6) is 5.75 Å². The maximum absolute atomic E-state index is 10.4. The van der Waals surface area contributed by atoms with Crippen molar-refractivity contribution in [3.05, 3.63) is 29.8 Å². The summed E-state index contributed by atoms with van der Waals surface area (Å²) in [6.07, 6.45) is 1.93. The number of ether oxygens (including phenoxy) is 3. The first kappa shape index (κ1) is 20.2. The molecule has 25 heavy (non-hydrogen) atoms. The van der Waals surface area contributed by atoms with Crippen LogP contribution in [0.1, 0.15) is 39.2 Å². The van der Waals surface area contributed by atoms with E-state index in [1.165, 1.54) is 5.56 Å². The summed E-state index contributed by atoms with van der Waals surface area (Å²) in [5.41, 5.74) is 0.925. The molecule has 0 spiro atoms. The average Bonchev–Trinajstić information content (AvgIpc) is 3.05. The molecule has 0 aromatic heterocycles. The van der Waals surface area contributed by atoms with E-state index in [9.17, 15) is 5.11 Å². The third-order valence-electron chi connectivity index (χ3n) is 4.20. The van der Waals surface area contributed by atoms with Gasteiger partial charge in [-0.25, -0.2) is 0 Å². The lowest BCUT2D eigenvalue weighted by atomic mass is 10.1. The molecule has 1 heterocycles. The van der Waals surface area contributed by atoms with Gasteiger partial charge in [-0.05, 0) is 51.3 Å². The third-order valence-corrected chi connectivity index (χ3v) is 4.20. The van der Waals surface area contributed by atoms with Gasteiger partial charge in [0.25, 0.3) is 0 Å². The van der Waals surface area contributed by atoms with Gasteiger partial charge in [0.15, 0.2) is 0 Å². The number of rotatable bonds is 9. The molecule has 0 bridgehead atoms. The summed E-state index contributed by atoms with van der Waals surface area (Å²) in [5.74, 6) is 0.853. The zero-order chi connectivity index (χ0) is 18.3. The van der Waals surface area contributed by atoms with Crippen LogP contribution in [0, 0.1) is 0 Å². The summed E-state index contributed by atoms with van der Waals surface area (Å²) in [6.45, 7) is 9.32.